The first kappa shape index (κ1) is 5.29. The fourth-order valence-corrected chi connectivity index (χ4v) is 0.734. The summed E-state index contributed by atoms with van der Waals surface area (Å²) in [7, 11) is 0. The van der Waals surface area contributed by atoms with Crippen LogP contribution in [0.25, 0.3) is 0 Å². The third-order valence-corrected chi connectivity index (χ3v) is 1.30. The van der Waals surface area contributed by atoms with Crippen molar-refractivity contribution >= 4 is 11.4 Å². The second-order valence-corrected chi connectivity index (χ2v) is 1.97. The van der Waals surface area contributed by atoms with Gasteiger partial charge >= 0.3 is 0 Å². The molecule has 0 N–H and O–H groups in total. The van der Waals surface area contributed by atoms with Crippen LogP contribution < -0.4 is 3.97 Å². The molecule has 8 heavy (non-hydrogen) atoms. The summed E-state index contributed by atoms with van der Waals surface area (Å²) in [4.78, 5) is 0. The van der Waals surface area contributed by atoms with E-state index in [2.05, 4.69) is 0 Å². The Kier molecular flexibility index (Phi) is 1.62. The predicted octanol–water partition coefficient (Wildman–Crippen LogP) is 1.06. The molecule has 0 atom stereocenters. The Morgan fingerprint density at radius 2 is 1.75 bits per heavy atom. The molecule has 0 amide bonds. The van der Waals surface area contributed by atoms with Gasteiger partial charge in [-0.3, -0.25) is 0 Å². The zero-order chi connectivity index (χ0) is 5.82. The molecule has 0 aliphatic carbocycles. The minimum atomic E-state index is 1.19. The van der Waals surface area contributed by atoms with Gasteiger partial charge in [-0.15, -0.1) is 3.97 Å². The van der Waals surface area contributed by atoms with Crippen LogP contribution in [0.15, 0.2) is 30.6 Å². The number of hydrogen-bond donors (Lipinski definition) is 0. The van der Waals surface area contributed by atoms with E-state index in [1.165, 1.54) is 11.4 Å². The minimum absolute atomic E-state index is 1.19. The van der Waals surface area contributed by atoms with E-state index in [9.17, 15) is 0 Å². The third-order valence-electron chi connectivity index (χ3n) is 0.810. The van der Waals surface area contributed by atoms with Gasteiger partial charge in [0.1, 0.15) is 0 Å². The summed E-state index contributed by atoms with van der Waals surface area (Å²) in [6.07, 6.45) is 3.79. The molecule has 0 aliphatic heterocycles. The number of aromatic nitrogens is 1. The van der Waals surface area contributed by atoms with Crippen molar-refractivity contribution in [2.75, 3.05) is 0 Å². The van der Waals surface area contributed by atoms with Gasteiger partial charge in [-0.1, -0.05) is 6.07 Å². The standard InChI is InChI=1S/C6H6NS/c1-8-7-5-3-2-4-6-7/h1-6H/q+1. The van der Waals surface area contributed by atoms with Crippen molar-refractivity contribution < 1.29 is 3.97 Å². The average molecular weight is 124 g/mol. The molecule has 0 saturated heterocycles. The summed E-state index contributed by atoms with van der Waals surface area (Å²) in [5.74, 6) is 0. The van der Waals surface area contributed by atoms with Crippen LogP contribution in [0.3, 0.4) is 0 Å². The minimum Gasteiger partial charge on any atom is -0.103 e. The van der Waals surface area contributed by atoms with Crippen molar-refractivity contribution in [2.45, 2.75) is 0 Å². The van der Waals surface area contributed by atoms with Crippen LogP contribution in [-0.4, -0.2) is 0 Å². The Morgan fingerprint density at radius 1 is 1.12 bits per heavy atom. The van der Waals surface area contributed by atoms with Crippen LogP contribution in [0, 0.1) is 5.69 Å². The first-order valence-electron chi connectivity index (χ1n) is 2.27. The van der Waals surface area contributed by atoms with Crippen LogP contribution in [0.2, 0.25) is 0 Å². The molecule has 1 aromatic rings. The molecule has 1 heterocycles. The van der Waals surface area contributed by atoms with Crippen LogP contribution in [-0.2, 0) is 0 Å². The molecule has 0 aromatic carbocycles. The lowest BCUT2D eigenvalue weighted by atomic mass is 10.5. The van der Waals surface area contributed by atoms with Gasteiger partial charge in [0.05, 0.1) is 0 Å². The number of rotatable bonds is 0. The Hall–Kier alpha value is -0.850. The normalized spacial score (nSPS) is 8.38. The molecule has 0 spiro atoms. The largest absolute Gasteiger partial charge is 0.189 e. The molecular weight excluding hydrogens is 118 g/mol. The highest BCUT2D eigenvalue weighted by molar-refractivity contribution is 7.81. The second kappa shape index (κ2) is 2.46. The van der Waals surface area contributed by atoms with Crippen LogP contribution in [0.4, 0.5) is 0 Å². The highest BCUT2D eigenvalue weighted by Gasteiger charge is 1.84. The van der Waals surface area contributed by atoms with Gasteiger partial charge in [0.25, 0.3) is 0 Å². The number of hydrogen-bond acceptors (Lipinski definition) is 0. The van der Waals surface area contributed by atoms with Gasteiger partial charge in [-0.05, 0) is 5.69 Å². The van der Waals surface area contributed by atoms with E-state index >= 15 is 0 Å². The van der Waals surface area contributed by atoms with Gasteiger partial charge in [0, 0.05) is 12.1 Å². The van der Waals surface area contributed by atoms with E-state index in [4.69, 9.17) is 5.69 Å². The predicted molar refractivity (Wildman–Crippen MR) is 34.6 cm³/mol. The Labute approximate surface area is 52.3 Å². The van der Waals surface area contributed by atoms with E-state index in [1.54, 1.807) is 0 Å². The van der Waals surface area contributed by atoms with Gasteiger partial charge in [0.15, 0.2) is 23.7 Å². The van der Waals surface area contributed by atoms with Crippen molar-refractivity contribution in [3.05, 3.63) is 30.6 Å². The van der Waals surface area contributed by atoms with Crippen LogP contribution in [0.1, 0.15) is 0 Å². The maximum atomic E-state index is 5.23. The molecule has 40 valence electrons. The molecule has 0 unspecified atom stereocenters. The molecular formula is C6H6NS+. The average Bonchev–Trinajstić information content (AvgIpc) is 1.90. The van der Waals surface area contributed by atoms with Crippen molar-refractivity contribution in [1.82, 2.24) is 0 Å². The maximum Gasteiger partial charge on any atom is 0.189 e. The van der Waals surface area contributed by atoms with Gasteiger partial charge in [0.2, 0.25) is 0 Å². The molecule has 1 nitrogen and oxygen atoms in total. The van der Waals surface area contributed by atoms with Crippen LogP contribution >= 0.6 is 11.4 Å². The van der Waals surface area contributed by atoms with Crippen LogP contribution in [0.5, 0.6) is 0 Å². The molecule has 0 saturated carbocycles. The quantitative estimate of drug-likeness (QED) is 0.455. The summed E-state index contributed by atoms with van der Waals surface area (Å²) in [5.41, 5.74) is 5.23. The summed E-state index contributed by atoms with van der Waals surface area (Å²) >= 11 is 1.19. The lowest BCUT2D eigenvalue weighted by Crippen LogP contribution is -2.17. The van der Waals surface area contributed by atoms with E-state index in [1.807, 2.05) is 34.6 Å². The van der Waals surface area contributed by atoms with Gasteiger partial charge in [-0.25, -0.2) is 0 Å². The fraction of sp³-hybridized carbons (Fsp3) is 0. The fourth-order valence-electron chi connectivity index (χ4n) is 0.453. The zero-order valence-electron chi connectivity index (χ0n) is 4.32. The van der Waals surface area contributed by atoms with E-state index < -0.39 is 0 Å². The Balaban J connectivity index is 3.05. The van der Waals surface area contributed by atoms with E-state index in [-0.39, 0.29) is 0 Å². The summed E-state index contributed by atoms with van der Waals surface area (Å²) in [5, 5.41) is 0. The first-order valence-corrected chi connectivity index (χ1v) is 3.10. The smallest absolute Gasteiger partial charge is 0.103 e. The van der Waals surface area contributed by atoms with E-state index in [0.29, 0.717) is 0 Å². The lowest BCUT2D eigenvalue weighted by molar-refractivity contribution is -0.490. The molecule has 1 rings (SSSR count). The Bertz CT molecular complexity index is 200. The zero-order valence-corrected chi connectivity index (χ0v) is 5.14. The highest BCUT2D eigenvalue weighted by atomic mass is 32.1. The lowest BCUT2D eigenvalue weighted by Gasteiger charge is -1.75. The van der Waals surface area contributed by atoms with Gasteiger partial charge in [-0.2, -0.15) is 0 Å². The second-order valence-electron chi connectivity index (χ2n) is 1.34. The van der Waals surface area contributed by atoms with Gasteiger partial charge < -0.3 is 0 Å². The van der Waals surface area contributed by atoms with Crippen molar-refractivity contribution in [3.63, 3.8) is 0 Å². The molecule has 0 aliphatic rings. The SMILES string of the molecule is C#S[n+]1ccccc1. The first-order chi connectivity index (χ1) is 3.93. The number of pyridine rings is 1. The van der Waals surface area contributed by atoms with E-state index in [0.717, 1.165) is 0 Å². The summed E-state index contributed by atoms with van der Waals surface area (Å²) < 4.78 is 1.82. The molecule has 1 aromatic heterocycles. The Morgan fingerprint density at radius 3 is 2.12 bits per heavy atom. The van der Waals surface area contributed by atoms with Crippen molar-refractivity contribution in [1.29, 1.82) is 0 Å². The topological polar surface area (TPSA) is 3.88 Å². The highest BCUT2D eigenvalue weighted by Crippen LogP contribution is 1.77. The summed E-state index contributed by atoms with van der Waals surface area (Å²) in [6.45, 7) is 0. The molecule has 0 radical (unpaired) electrons. The molecule has 0 bridgehead atoms. The molecule has 2 heteroatoms. The monoisotopic (exact) mass is 124 g/mol. The number of nitrogens with zero attached hydrogens (tertiary/aromatic N) is 1. The van der Waals surface area contributed by atoms with Crippen molar-refractivity contribution in [3.8, 4) is 5.69 Å². The summed E-state index contributed by atoms with van der Waals surface area (Å²) in [6, 6.07) is 5.81. The molecule has 0 fully saturated rings. The van der Waals surface area contributed by atoms with Crippen molar-refractivity contribution in [2.24, 2.45) is 0 Å². The maximum absolute atomic E-state index is 5.23. The third kappa shape index (κ3) is 1.06.